The van der Waals surface area contributed by atoms with E-state index in [1.54, 1.807) is 14.2 Å². The number of nitriles is 3. The number of aromatic amines is 1. The van der Waals surface area contributed by atoms with Gasteiger partial charge in [0.15, 0.2) is 6.23 Å². The Hall–Kier alpha value is -8.20. The number of hydrogen-bond acceptors (Lipinski definition) is 21. The van der Waals surface area contributed by atoms with Gasteiger partial charge in [0.2, 0.25) is 5.96 Å². The maximum absolute atomic E-state index is 14.2. The molecule has 5 atom stereocenters. The summed E-state index contributed by atoms with van der Waals surface area (Å²) in [5.74, 6) is 5.50. The lowest BCUT2D eigenvalue weighted by atomic mass is 9.80. The molecule has 1 fully saturated rings. The van der Waals surface area contributed by atoms with Crippen LogP contribution in [0.3, 0.4) is 0 Å². The molecule has 25 nitrogen and oxygen atoms in total. The number of H-pyrrole nitrogens is 1. The number of aliphatic imine (C=N–C) groups is 1. The Morgan fingerprint density at radius 2 is 1.30 bits per heavy atom. The minimum atomic E-state index is -2.13. The predicted octanol–water partition coefficient (Wildman–Crippen LogP) is 6.07. The number of methoxy groups -OCH3 is 3. The van der Waals surface area contributed by atoms with Crippen LogP contribution in [0.4, 0.5) is 9.59 Å². The number of nitrogens with zero attached hydrogens (tertiary/aromatic N) is 6. The van der Waals surface area contributed by atoms with E-state index in [1.165, 1.54) is 13.3 Å². The summed E-state index contributed by atoms with van der Waals surface area (Å²) in [4.78, 5) is 71.9. The number of nitrogens with one attached hydrogen (secondary N) is 3. The molecule has 0 spiro atoms. The standard InChI is InChI=1S/C57H68N9O16P/c1-39(2)66(40(3)4)83(80-34-26-48(67)75-31-12-27-58)82-49-47(38-79-57(42-16-9-8-10-17-42,43-18-22-45(73-6)23-19-43)44-20-24-46(74-7)25-21-44)81-52(50(49)76-36-35-72-5)65-37-41(51(68)62-54(65)69)15-11-30-61-53(63-55(70)77-32-13-28-59)64-56(71)78-33-14-29-60/h8-10,16-25,37,39-40,47,49-50,52H,12-14,26,30-36,38H2,1-7H3,(H,62,68,69)(H2,61,63,64,70,71)/t47-,49-,50-,52-,83?/m1/s1. The monoisotopic (exact) mass is 1170 g/mol. The van der Waals surface area contributed by atoms with Gasteiger partial charge in [0.05, 0.1) is 84.5 Å². The SMILES string of the molecule is COCCO[C@@H]1[C@H](OP(OCCC(=O)OCCC#N)N(C(C)C)C(C)C)[C@@H](COC(c2ccccc2)(c2ccc(OC)cc2)c2ccc(OC)cc2)O[C@H]1n1cc(C#CCN=C(NC(=O)OCCC#N)NC(=O)OCCC#N)c(=O)[nH]c1=O. The summed E-state index contributed by atoms with van der Waals surface area (Å²) in [5.41, 5.74) is -1.31. The number of aromatic nitrogens is 2. The summed E-state index contributed by atoms with van der Waals surface area (Å²) in [6.07, 6.45) is -6.22. The molecular formula is C57H68N9O16P. The first-order chi connectivity index (χ1) is 40.1. The highest BCUT2D eigenvalue weighted by atomic mass is 31.2. The number of benzene rings is 3. The zero-order chi connectivity index (χ0) is 60.2. The third-order valence-corrected chi connectivity index (χ3v) is 14.2. The predicted molar refractivity (Wildman–Crippen MR) is 299 cm³/mol. The maximum Gasteiger partial charge on any atom is 0.413 e. The molecule has 83 heavy (non-hydrogen) atoms. The van der Waals surface area contributed by atoms with Gasteiger partial charge in [-0.1, -0.05) is 66.4 Å². The normalized spacial score (nSPS) is 15.8. The Morgan fingerprint density at radius 1 is 0.747 bits per heavy atom. The Kier molecular flexibility index (Phi) is 27.1. The molecule has 26 heteroatoms. The van der Waals surface area contributed by atoms with Crippen molar-refractivity contribution in [1.82, 2.24) is 24.9 Å². The smallest absolute Gasteiger partial charge is 0.413 e. The van der Waals surface area contributed by atoms with E-state index in [0.29, 0.717) is 22.6 Å². The Labute approximate surface area is 482 Å². The third-order valence-electron chi connectivity index (χ3n) is 12.1. The van der Waals surface area contributed by atoms with Crippen molar-refractivity contribution >= 4 is 32.6 Å². The summed E-state index contributed by atoms with van der Waals surface area (Å²) in [6.45, 7) is 6.39. The van der Waals surface area contributed by atoms with E-state index in [-0.39, 0.29) is 89.6 Å². The number of esters is 1. The number of alkyl carbamates (subject to hydrolysis) is 2. The first-order valence-corrected chi connectivity index (χ1v) is 27.4. The second-order valence-electron chi connectivity index (χ2n) is 18.3. The van der Waals surface area contributed by atoms with Crippen LogP contribution in [-0.2, 0) is 52.6 Å². The number of amides is 2. The van der Waals surface area contributed by atoms with Crippen molar-refractivity contribution in [3.8, 4) is 41.5 Å². The Morgan fingerprint density at radius 3 is 1.83 bits per heavy atom. The van der Waals surface area contributed by atoms with Crippen LogP contribution in [0, 0.1) is 45.8 Å². The third kappa shape index (κ3) is 19.2. The van der Waals surface area contributed by atoms with Gasteiger partial charge < -0.3 is 51.7 Å². The molecule has 5 rings (SSSR count). The second-order valence-corrected chi connectivity index (χ2v) is 19.7. The van der Waals surface area contributed by atoms with Gasteiger partial charge in [-0.05, 0) is 68.7 Å². The number of guanidine groups is 1. The molecule has 0 radical (unpaired) electrons. The van der Waals surface area contributed by atoms with Crippen molar-refractivity contribution in [2.24, 2.45) is 4.99 Å². The van der Waals surface area contributed by atoms with Gasteiger partial charge in [0.1, 0.15) is 67.3 Å². The molecule has 2 heterocycles. The van der Waals surface area contributed by atoms with Crippen molar-refractivity contribution in [3.05, 3.63) is 128 Å². The molecule has 0 saturated carbocycles. The fourth-order valence-electron chi connectivity index (χ4n) is 8.41. The minimum absolute atomic E-state index is 0.0186. The summed E-state index contributed by atoms with van der Waals surface area (Å²) in [6, 6.07) is 29.6. The fourth-order valence-corrected chi connectivity index (χ4v) is 10.2. The molecule has 1 aliphatic rings. The van der Waals surface area contributed by atoms with Crippen LogP contribution < -0.4 is 31.4 Å². The minimum Gasteiger partial charge on any atom is -0.497 e. The van der Waals surface area contributed by atoms with Crippen LogP contribution in [0.1, 0.15) is 81.9 Å². The molecular weight excluding hydrogens is 1100 g/mol. The second kappa shape index (κ2) is 34.3. The van der Waals surface area contributed by atoms with Crippen molar-refractivity contribution < 1.29 is 66.1 Å². The highest BCUT2D eigenvalue weighted by Gasteiger charge is 2.52. The number of hydrogen-bond donors (Lipinski definition) is 3. The molecule has 4 aromatic rings. The molecule has 1 saturated heterocycles. The molecule has 1 aliphatic heterocycles. The summed E-state index contributed by atoms with van der Waals surface area (Å²) < 4.78 is 69.4. The van der Waals surface area contributed by atoms with Gasteiger partial charge in [-0.2, -0.15) is 15.8 Å². The maximum atomic E-state index is 14.2. The Bertz CT molecular complexity index is 2980. The summed E-state index contributed by atoms with van der Waals surface area (Å²) in [7, 11) is 2.49. The van der Waals surface area contributed by atoms with E-state index >= 15 is 0 Å². The topological polar surface area (TPSA) is 319 Å². The van der Waals surface area contributed by atoms with E-state index in [4.69, 9.17) is 67.5 Å². The average Bonchev–Trinajstić information content (AvgIpc) is 3.13. The number of rotatable bonds is 29. The van der Waals surface area contributed by atoms with Crippen molar-refractivity contribution in [3.63, 3.8) is 0 Å². The largest absolute Gasteiger partial charge is 0.497 e. The van der Waals surface area contributed by atoms with Gasteiger partial charge in [-0.3, -0.25) is 29.8 Å². The molecule has 3 aromatic carbocycles. The van der Waals surface area contributed by atoms with Gasteiger partial charge in [0, 0.05) is 25.4 Å². The molecule has 442 valence electrons. The number of carbonyl (C=O) groups is 3. The van der Waals surface area contributed by atoms with Gasteiger partial charge in [-0.25, -0.2) is 24.0 Å². The Balaban J connectivity index is 1.66. The van der Waals surface area contributed by atoms with Crippen LogP contribution in [0.2, 0.25) is 0 Å². The quantitative estimate of drug-likeness (QED) is 0.00811. The van der Waals surface area contributed by atoms with E-state index in [9.17, 15) is 24.0 Å². The first kappa shape index (κ1) is 65.6. The van der Waals surface area contributed by atoms with E-state index < -0.39 is 80.6 Å². The van der Waals surface area contributed by atoms with Gasteiger partial charge in [0.25, 0.3) is 14.1 Å². The fraction of sp³-hybridized carbons (Fsp3) is 0.456. The van der Waals surface area contributed by atoms with Crippen LogP contribution >= 0.6 is 8.53 Å². The van der Waals surface area contributed by atoms with E-state index in [1.807, 2.05) is 129 Å². The lowest BCUT2D eigenvalue weighted by Crippen LogP contribution is -2.44. The van der Waals surface area contributed by atoms with Gasteiger partial charge in [-0.15, -0.1) is 0 Å². The summed E-state index contributed by atoms with van der Waals surface area (Å²) in [5, 5.41) is 31.1. The highest BCUT2D eigenvalue weighted by Crippen LogP contribution is 2.51. The summed E-state index contributed by atoms with van der Waals surface area (Å²) >= 11 is 0. The van der Waals surface area contributed by atoms with E-state index in [0.717, 1.165) is 10.1 Å². The molecule has 0 bridgehead atoms. The zero-order valence-corrected chi connectivity index (χ0v) is 48.1. The molecule has 1 aromatic heterocycles. The molecule has 2 amide bonds. The van der Waals surface area contributed by atoms with Crippen molar-refractivity contribution in [1.29, 1.82) is 15.8 Å². The van der Waals surface area contributed by atoms with Crippen LogP contribution in [0.15, 0.2) is 99.6 Å². The van der Waals surface area contributed by atoms with Crippen LogP contribution in [0.5, 0.6) is 11.5 Å². The van der Waals surface area contributed by atoms with E-state index in [2.05, 4.69) is 32.5 Å². The number of ether oxygens (including phenoxy) is 9. The van der Waals surface area contributed by atoms with Crippen molar-refractivity contribution in [2.45, 2.75) is 95.6 Å². The first-order valence-electron chi connectivity index (χ1n) is 26.3. The van der Waals surface area contributed by atoms with Gasteiger partial charge >= 0.3 is 23.8 Å². The van der Waals surface area contributed by atoms with Crippen LogP contribution in [-0.4, -0.2) is 143 Å². The molecule has 0 aliphatic carbocycles. The van der Waals surface area contributed by atoms with Crippen molar-refractivity contribution in [2.75, 3.05) is 74.1 Å². The number of carbonyl (C=O) groups excluding carboxylic acids is 3. The zero-order valence-electron chi connectivity index (χ0n) is 47.2. The molecule has 1 unspecified atom stereocenters. The highest BCUT2D eigenvalue weighted by molar-refractivity contribution is 7.44. The molecule has 3 N–H and O–H groups in total. The lowest BCUT2D eigenvalue weighted by Gasteiger charge is -2.39. The lowest BCUT2D eigenvalue weighted by molar-refractivity contribution is -0.144. The van der Waals surface area contributed by atoms with Crippen LogP contribution in [0.25, 0.3) is 0 Å². The average molecular weight is 1170 g/mol.